The molecule has 68 valence electrons. The fourth-order valence-corrected chi connectivity index (χ4v) is 0.755. The Hall–Kier alpha value is -0.120. The lowest BCUT2D eigenvalue weighted by molar-refractivity contribution is 0.0475. The Kier molecular flexibility index (Phi) is 6.51. The lowest BCUT2D eigenvalue weighted by atomic mass is 10.3. The summed E-state index contributed by atoms with van der Waals surface area (Å²) in [6, 6.07) is 0. The topological polar surface area (TPSA) is 38.5 Å². The fraction of sp³-hybridized carbons (Fsp3) is 1.00. The molecular formula is C8H20N2O. The van der Waals surface area contributed by atoms with E-state index < -0.39 is 0 Å². The summed E-state index contributed by atoms with van der Waals surface area (Å²) in [5.41, 5.74) is 5.46. The predicted octanol–water partition coefficient (Wildman–Crippen LogP) is 0.302. The molecule has 0 aromatic carbocycles. The molecule has 0 heterocycles. The van der Waals surface area contributed by atoms with Crippen molar-refractivity contribution in [2.45, 2.75) is 19.4 Å². The van der Waals surface area contributed by atoms with Crippen molar-refractivity contribution < 1.29 is 4.74 Å². The molecule has 1 atom stereocenters. The summed E-state index contributed by atoms with van der Waals surface area (Å²) < 4.78 is 5.48. The number of hydrogen-bond donors (Lipinski definition) is 1. The van der Waals surface area contributed by atoms with E-state index in [1.165, 1.54) is 0 Å². The van der Waals surface area contributed by atoms with Crippen molar-refractivity contribution in [2.24, 2.45) is 5.73 Å². The Morgan fingerprint density at radius 2 is 2.09 bits per heavy atom. The van der Waals surface area contributed by atoms with Gasteiger partial charge in [0.15, 0.2) is 0 Å². The van der Waals surface area contributed by atoms with Crippen molar-refractivity contribution in [1.29, 1.82) is 0 Å². The van der Waals surface area contributed by atoms with Gasteiger partial charge in [0.25, 0.3) is 0 Å². The van der Waals surface area contributed by atoms with Crippen molar-refractivity contribution in [3.05, 3.63) is 0 Å². The van der Waals surface area contributed by atoms with E-state index in [1.54, 1.807) is 0 Å². The summed E-state index contributed by atoms with van der Waals surface area (Å²) in [6.07, 6.45) is 1.25. The number of hydrogen-bond acceptors (Lipinski definition) is 3. The van der Waals surface area contributed by atoms with Crippen molar-refractivity contribution >= 4 is 0 Å². The molecule has 0 aliphatic rings. The molecule has 0 aromatic heterocycles. The minimum Gasteiger partial charge on any atom is -0.376 e. The predicted molar refractivity (Wildman–Crippen MR) is 47.6 cm³/mol. The molecule has 0 saturated carbocycles. The minimum absolute atomic E-state index is 0.245. The Labute approximate surface area is 69.5 Å². The Morgan fingerprint density at radius 3 is 2.45 bits per heavy atom. The highest BCUT2D eigenvalue weighted by Gasteiger charge is 2.02. The largest absolute Gasteiger partial charge is 0.376 e. The van der Waals surface area contributed by atoms with E-state index in [4.69, 9.17) is 10.5 Å². The van der Waals surface area contributed by atoms with Crippen LogP contribution in [0.3, 0.4) is 0 Å². The summed E-state index contributed by atoms with van der Waals surface area (Å²) in [7, 11) is 4.07. The second kappa shape index (κ2) is 6.58. The van der Waals surface area contributed by atoms with Gasteiger partial charge in [-0.2, -0.15) is 0 Å². The third-order valence-corrected chi connectivity index (χ3v) is 1.61. The second-order valence-electron chi connectivity index (χ2n) is 2.94. The Balaban J connectivity index is 3.21. The Bertz CT molecular complexity index is 82.2. The molecule has 3 heteroatoms. The van der Waals surface area contributed by atoms with Crippen LogP contribution in [0.2, 0.25) is 0 Å². The molecular weight excluding hydrogens is 140 g/mol. The maximum atomic E-state index is 5.48. The molecule has 0 aliphatic heterocycles. The normalized spacial score (nSPS) is 13.9. The van der Waals surface area contributed by atoms with E-state index in [9.17, 15) is 0 Å². The smallest absolute Gasteiger partial charge is 0.0695 e. The fourth-order valence-electron chi connectivity index (χ4n) is 0.755. The van der Waals surface area contributed by atoms with Crippen LogP contribution in [0.25, 0.3) is 0 Å². The first kappa shape index (κ1) is 10.9. The van der Waals surface area contributed by atoms with Gasteiger partial charge >= 0.3 is 0 Å². The van der Waals surface area contributed by atoms with Crippen LogP contribution in [0.5, 0.6) is 0 Å². The van der Waals surface area contributed by atoms with Crippen LogP contribution in [0.15, 0.2) is 0 Å². The van der Waals surface area contributed by atoms with Gasteiger partial charge in [0.2, 0.25) is 0 Å². The summed E-state index contributed by atoms with van der Waals surface area (Å²) in [5, 5.41) is 0. The van der Waals surface area contributed by atoms with Crippen LogP contribution in [0, 0.1) is 0 Å². The maximum absolute atomic E-state index is 5.48. The highest BCUT2D eigenvalue weighted by Crippen LogP contribution is 1.94. The first-order valence-corrected chi connectivity index (χ1v) is 4.17. The summed E-state index contributed by atoms with van der Waals surface area (Å²) >= 11 is 0. The zero-order chi connectivity index (χ0) is 8.69. The quantitative estimate of drug-likeness (QED) is 0.607. The molecule has 0 spiro atoms. The number of rotatable bonds is 6. The van der Waals surface area contributed by atoms with E-state index in [0.717, 1.165) is 19.6 Å². The molecule has 2 N–H and O–H groups in total. The molecule has 0 rings (SSSR count). The van der Waals surface area contributed by atoms with E-state index in [-0.39, 0.29) is 6.10 Å². The Morgan fingerprint density at radius 1 is 1.45 bits per heavy atom. The SMILES string of the molecule is CCC(CN)OCCN(C)C. The first-order chi connectivity index (χ1) is 5.20. The lowest BCUT2D eigenvalue weighted by Gasteiger charge is -2.15. The van der Waals surface area contributed by atoms with E-state index >= 15 is 0 Å². The number of likely N-dealkylation sites (N-methyl/N-ethyl adjacent to an activating group) is 1. The molecule has 0 aliphatic carbocycles. The van der Waals surface area contributed by atoms with Gasteiger partial charge in [-0.05, 0) is 20.5 Å². The molecule has 11 heavy (non-hydrogen) atoms. The zero-order valence-electron chi connectivity index (χ0n) is 7.84. The van der Waals surface area contributed by atoms with Crippen LogP contribution in [-0.4, -0.2) is 44.8 Å². The summed E-state index contributed by atoms with van der Waals surface area (Å²) in [6.45, 7) is 4.47. The molecule has 0 bridgehead atoms. The van der Waals surface area contributed by atoms with Crippen LogP contribution in [0.4, 0.5) is 0 Å². The van der Waals surface area contributed by atoms with E-state index in [1.807, 2.05) is 14.1 Å². The third-order valence-electron chi connectivity index (χ3n) is 1.61. The maximum Gasteiger partial charge on any atom is 0.0695 e. The second-order valence-corrected chi connectivity index (χ2v) is 2.94. The van der Waals surface area contributed by atoms with Gasteiger partial charge in [-0.25, -0.2) is 0 Å². The summed E-state index contributed by atoms with van der Waals surface area (Å²) in [4.78, 5) is 2.10. The van der Waals surface area contributed by atoms with Crippen molar-refractivity contribution in [1.82, 2.24) is 4.90 Å². The number of ether oxygens (including phenoxy) is 1. The van der Waals surface area contributed by atoms with Gasteiger partial charge in [0, 0.05) is 13.1 Å². The third kappa shape index (κ3) is 6.28. The average Bonchev–Trinajstić information content (AvgIpc) is 1.98. The molecule has 0 fully saturated rings. The van der Waals surface area contributed by atoms with Gasteiger partial charge in [-0.1, -0.05) is 6.92 Å². The van der Waals surface area contributed by atoms with Gasteiger partial charge < -0.3 is 15.4 Å². The van der Waals surface area contributed by atoms with Gasteiger partial charge in [0.05, 0.1) is 12.7 Å². The van der Waals surface area contributed by atoms with Crippen LogP contribution < -0.4 is 5.73 Å². The highest BCUT2D eigenvalue weighted by molar-refractivity contribution is 4.55. The molecule has 1 unspecified atom stereocenters. The van der Waals surface area contributed by atoms with E-state index in [2.05, 4.69) is 11.8 Å². The minimum atomic E-state index is 0.245. The van der Waals surface area contributed by atoms with Crippen LogP contribution in [-0.2, 0) is 4.74 Å². The van der Waals surface area contributed by atoms with Crippen LogP contribution in [0.1, 0.15) is 13.3 Å². The molecule has 3 nitrogen and oxygen atoms in total. The van der Waals surface area contributed by atoms with Crippen molar-refractivity contribution in [2.75, 3.05) is 33.8 Å². The number of nitrogens with zero attached hydrogens (tertiary/aromatic N) is 1. The molecule has 0 radical (unpaired) electrons. The van der Waals surface area contributed by atoms with Gasteiger partial charge in [0.1, 0.15) is 0 Å². The first-order valence-electron chi connectivity index (χ1n) is 4.17. The van der Waals surface area contributed by atoms with Crippen molar-refractivity contribution in [3.8, 4) is 0 Å². The molecule has 0 aromatic rings. The standard InChI is InChI=1S/C8H20N2O/c1-4-8(7-9)11-6-5-10(2)3/h8H,4-7,9H2,1-3H3. The highest BCUT2D eigenvalue weighted by atomic mass is 16.5. The van der Waals surface area contributed by atoms with E-state index in [0.29, 0.717) is 6.54 Å². The number of nitrogens with two attached hydrogens (primary N) is 1. The lowest BCUT2D eigenvalue weighted by Crippen LogP contribution is -2.27. The molecule has 0 amide bonds. The summed E-state index contributed by atoms with van der Waals surface area (Å²) in [5.74, 6) is 0. The van der Waals surface area contributed by atoms with Gasteiger partial charge in [-0.3, -0.25) is 0 Å². The van der Waals surface area contributed by atoms with Gasteiger partial charge in [-0.15, -0.1) is 0 Å². The average molecular weight is 160 g/mol. The monoisotopic (exact) mass is 160 g/mol. The van der Waals surface area contributed by atoms with Crippen LogP contribution >= 0.6 is 0 Å². The zero-order valence-corrected chi connectivity index (χ0v) is 7.84. The molecule has 0 saturated heterocycles. The van der Waals surface area contributed by atoms with Crippen molar-refractivity contribution in [3.63, 3.8) is 0 Å².